The van der Waals surface area contributed by atoms with E-state index in [-0.39, 0.29) is 6.10 Å². The summed E-state index contributed by atoms with van der Waals surface area (Å²) in [6, 6.07) is 24.1. The van der Waals surface area contributed by atoms with Crippen LogP contribution in [0.3, 0.4) is 0 Å². The molecule has 2 aromatic heterocycles. The van der Waals surface area contributed by atoms with Gasteiger partial charge < -0.3 is 14.4 Å². The smallest absolute Gasteiger partial charge is 0.166 e. The van der Waals surface area contributed by atoms with Crippen molar-refractivity contribution in [3.63, 3.8) is 0 Å². The number of hydrogen-bond acceptors (Lipinski definition) is 6. The minimum absolute atomic E-state index is 0.375. The highest BCUT2D eigenvalue weighted by atomic mass is 16.5. The molecule has 162 valence electrons. The Morgan fingerprint density at radius 1 is 0.875 bits per heavy atom. The van der Waals surface area contributed by atoms with E-state index < -0.39 is 0 Å². The zero-order chi connectivity index (χ0) is 21.8. The zero-order valence-corrected chi connectivity index (χ0v) is 18.0. The molecule has 0 amide bonds. The Morgan fingerprint density at radius 3 is 2.28 bits per heavy atom. The lowest BCUT2D eigenvalue weighted by atomic mass is 10.1. The molecule has 7 nitrogen and oxygen atoms in total. The second-order valence-electron chi connectivity index (χ2n) is 7.58. The molecule has 0 N–H and O–H groups in total. The fourth-order valence-electron chi connectivity index (χ4n) is 3.86. The van der Waals surface area contributed by atoms with E-state index in [1.54, 1.807) is 11.8 Å². The van der Waals surface area contributed by atoms with Crippen LogP contribution in [-0.2, 0) is 9.47 Å². The summed E-state index contributed by atoms with van der Waals surface area (Å²) in [4.78, 5) is 12.0. The number of morpholine rings is 1. The van der Waals surface area contributed by atoms with Gasteiger partial charge in [-0.15, -0.1) is 0 Å². The molecule has 1 atom stereocenters. The number of anilines is 1. The zero-order valence-electron chi connectivity index (χ0n) is 18.0. The first kappa shape index (κ1) is 20.4. The van der Waals surface area contributed by atoms with Crippen molar-refractivity contribution in [3.8, 4) is 17.1 Å². The lowest BCUT2D eigenvalue weighted by Gasteiger charge is -2.28. The largest absolute Gasteiger partial charge is 0.378 e. The van der Waals surface area contributed by atoms with E-state index in [4.69, 9.17) is 24.5 Å². The van der Waals surface area contributed by atoms with E-state index in [0.29, 0.717) is 24.9 Å². The minimum atomic E-state index is -0.375. The van der Waals surface area contributed by atoms with Gasteiger partial charge in [0.2, 0.25) is 0 Å². The van der Waals surface area contributed by atoms with Crippen LogP contribution < -0.4 is 4.90 Å². The first-order valence-electron chi connectivity index (χ1n) is 10.7. The number of hydrogen-bond donors (Lipinski definition) is 0. The fraction of sp³-hybridized carbons (Fsp3) is 0.240. The molecule has 32 heavy (non-hydrogen) atoms. The van der Waals surface area contributed by atoms with Crippen LogP contribution in [0.25, 0.3) is 17.1 Å². The Balaban J connectivity index is 1.57. The summed E-state index contributed by atoms with van der Waals surface area (Å²) in [5.74, 6) is 2.16. The summed E-state index contributed by atoms with van der Waals surface area (Å²) in [5, 5.41) is 4.78. The maximum absolute atomic E-state index is 5.83. The molecule has 3 heterocycles. The van der Waals surface area contributed by atoms with Crippen LogP contribution in [0.15, 0.2) is 79.0 Å². The molecule has 4 aromatic rings. The second-order valence-corrected chi connectivity index (χ2v) is 7.58. The monoisotopic (exact) mass is 427 g/mol. The molecule has 0 aliphatic carbocycles. The van der Waals surface area contributed by atoms with Gasteiger partial charge in [0, 0.05) is 38.0 Å². The maximum atomic E-state index is 5.83. The van der Waals surface area contributed by atoms with Crippen LogP contribution >= 0.6 is 0 Å². The minimum Gasteiger partial charge on any atom is -0.378 e. The fourth-order valence-corrected chi connectivity index (χ4v) is 3.86. The third kappa shape index (κ3) is 4.26. The van der Waals surface area contributed by atoms with Gasteiger partial charge in [-0.2, -0.15) is 5.10 Å². The summed E-state index contributed by atoms with van der Waals surface area (Å²) in [6.07, 6.45) is 1.56. The van der Waals surface area contributed by atoms with Crippen LogP contribution in [0.1, 0.15) is 17.5 Å². The molecule has 0 saturated carbocycles. The number of benzene rings is 2. The Hall–Kier alpha value is -3.55. The van der Waals surface area contributed by atoms with Gasteiger partial charge in [-0.1, -0.05) is 60.7 Å². The average molecular weight is 428 g/mol. The van der Waals surface area contributed by atoms with Gasteiger partial charge in [0.15, 0.2) is 11.6 Å². The standard InChI is InChI=1S/C25H25N5O2/c1-31-24(20-10-6-3-7-11-20)25-26-22(29-14-16-32-17-15-29)18-23(27-25)30-13-12-21(28-30)19-8-4-2-5-9-19/h2-13,18,24H,14-17H2,1H3. The van der Waals surface area contributed by atoms with Crippen LogP contribution in [0.4, 0.5) is 5.82 Å². The number of aromatic nitrogens is 4. The number of methoxy groups -OCH3 is 1. The highest BCUT2D eigenvalue weighted by Gasteiger charge is 2.22. The first-order valence-corrected chi connectivity index (χ1v) is 10.7. The van der Waals surface area contributed by atoms with E-state index in [1.807, 2.05) is 79.0 Å². The Labute approximate surface area is 187 Å². The van der Waals surface area contributed by atoms with Gasteiger partial charge >= 0.3 is 0 Å². The van der Waals surface area contributed by atoms with Gasteiger partial charge in [-0.25, -0.2) is 14.6 Å². The molecule has 1 aliphatic heterocycles. The third-order valence-electron chi connectivity index (χ3n) is 5.52. The van der Waals surface area contributed by atoms with Gasteiger partial charge in [-0.3, -0.25) is 0 Å². The Morgan fingerprint density at radius 2 is 1.56 bits per heavy atom. The maximum Gasteiger partial charge on any atom is 0.166 e. The lowest BCUT2D eigenvalue weighted by Crippen LogP contribution is -2.37. The van der Waals surface area contributed by atoms with E-state index >= 15 is 0 Å². The molecule has 5 rings (SSSR count). The van der Waals surface area contributed by atoms with E-state index in [1.165, 1.54) is 0 Å². The summed E-state index contributed by atoms with van der Waals surface area (Å²) in [5.41, 5.74) is 2.96. The molecule has 1 fully saturated rings. The summed E-state index contributed by atoms with van der Waals surface area (Å²) in [7, 11) is 1.68. The second kappa shape index (κ2) is 9.30. The molecule has 1 unspecified atom stereocenters. The number of ether oxygens (including phenoxy) is 2. The van der Waals surface area contributed by atoms with Crippen LogP contribution in [-0.4, -0.2) is 53.2 Å². The first-order chi connectivity index (χ1) is 15.8. The summed E-state index contributed by atoms with van der Waals surface area (Å²) in [6.45, 7) is 2.93. The molecule has 7 heteroatoms. The molecule has 2 aromatic carbocycles. The van der Waals surface area contributed by atoms with E-state index in [9.17, 15) is 0 Å². The average Bonchev–Trinajstić information content (AvgIpc) is 3.37. The quantitative estimate of drug-likeness (QED) is 0.465. The molecule has 0 bridgehead atoms. The molecular weight excluding hydrogens is 402 g/mol. The molecule has 1 saturated heterocycles. The van der Waals surface area contributed by atoms with Crippen molar-refractivity contribution in [2.75, 3.05) is 38.3 Å². The van der Waals surface area contributed by atoms with Crippen LogP contribution in [0, 0.1) is 0 Å². The van der Waals surface area contributed by atoms with E-state index in [2.05, 4.69) is 4.90 Å². The molecular formula is C25H25N5O2. The highest BCUT2D eigenvalue weighted by Crippen LogP contribution is 2.27. The van der Waals surface area contributed by atoms with Gasteiger partial charge in [0.05, 0.1) is 18.9 Å². The topological polar surface area (TPSA) is 65.3 Å². The van der Waals surface area contributed by atoms with Crippen molar-refractivity contribution in [1.29, 1.82) is 0 Å². The summed E-state index contributed by atoms with van der Waals surface area (Å²) >= 11 is 0. The molecule has 0 spiro atoms. The third-order valence-corrected chi connectivity index (χ3v) is 5.52. The summed E-state index contributed by atoms with van der Waals surface area (Å²) < 4.78 is 13.2. The van der Waals surface area contributed by atoms with Crippen molar-refractivity contribution >= 4 is 5.82 Å². The SMILES string of the molecule is COC(c1ccccc1)c1nc(N2CCOCC2)cc(-n2ccc(-c3ccccc3)n2)n1. The van der Waals surface area contributed by atoms with Crippen molar-refractivity contribution < 1.29 is 9.47 Å². The van der Waals surface area contributed by atoms with Crippen molar-refractivity contribution in [3.05, 3.63) is 90.4 Å². The van der Waals surface area contributed by atoms with Gasteiger partial charge in [-0.05, 0) is 11.6 Å². The Bertz CT molecular complexity index is 1160. The van der Waals surface area contributed by atoms with Crippen molar-refractivity contribution in [2.45, 2.75) is 6.10 Å². The number of rotatable bonds is 6. The van der Waals surface area contributed by atoms with E-state index in [0.717, 1.165) is 35.7 Å². The van der Waals surface area contributed by atoms with Crippen molar-refractivity contribution in [2.24, 2.45) is 0 Å². The molecule has 1 aliphatic rings. The van der Waals surface area contributed by atoms with Crippen molar-refractivity contribution in [1.82, 2.24) is 19.7 Å². The predicted molar refractivity (Wildman–Crippen MR) is 123 cm³/mol. The van der Waals surface area contributed by atoms with Gasteiger partial charge in [0.1, 0.15) is 11.9 Å². The number of nitrogens with zero attached hydrogens (tertiary/aromatic N) is 5. The molecule has 0 radical (unpaired) electrons. The lowest BCUT2D eigenvalue weighted by molar-refractivity contribution is 0.121. The van der Waals surface area contributed by atoms with Crippen LogP contribution in [0.5, 0.6) is 0 Å². The van der Waals surface area contributed by atoms with Gasteiger partial charge in [0.25, 0.3) is 0 Å². The predicted octanol–water partition coefficient (Wildman–Crippen LogP) is 3.90. The highest BCUT2D eigenvalue weighted by molar-refractivity contribution is 5.58. The Kier molecular flexibility index (Phi) is 5.91. The normalized spacial score (nSPS) is 15.0. The van der Waals surface area contributed by atoms with Crippen LogP contribution in [0.2, 0.25) is 0 Å².